The van der Waals surface area contributed by atoms with Crippen LogP contribution in [0.1, 0.15) is 55.4 Å². The molecule has 0 atom stereocenters. The molecule has 1 aromatic heterocycles. The van der Waals surface area contributed by atoms with Crippen molar-refractivity contribution < 1.29 is 4.79 Å². The second kappa shape index (κ2) is 5.37. The Hall–Kier alpha value is -1.07. The maximum absolute atomic E-state index is 11.8. The van der Waals surface area contributed by atoms with Crippen LogP contribution in [0.4, 0.5) is 5.00 Å². The number of carbonyl (C=O) groups is 1. The predicted molar refractivity (Wildman–Crippen MR) is 85.5 cm³/mol. The molecule has 1 aliphatic rings. The SMILES string of the molecule is CC(C)N1CCc2c(sc(NC(C)(C)C)c2C(N)=O)C1. The third kappa shape index (κ3) is 3.15. The van der Waals surface area contributed by atoms with E-state index in [-0.39, 0.29) is 11.4 Å². The molecule has 0 aliphatic carbocycles. The molecule has 0 unspecified atom stereocenters. The first-order chi connectivity index (χ1) is 9.19. The summed E-state index contributed by atoms with van der Waals surface area (Å²) in [6, 6.07) is 0.529. The first-order valence-corrected chi connectivity index (χ1v) is 7.97. The van der Waals surface area contributed by atoms with Crippen LogP contribution in [-0.4, -0.2) is 28.9 Å². The first-order valence-electron chi connectivity index (χ1n) is 7.15. The average Bonchev–Trinajstić information content (AvgIpc) is 2.62. The van der Waals surface area contributed by atoms with Crippen LogP contribution in [0, 0.1) is 0 Å². The Balaban J connectivity index is 2.38. The Morgan fingerprint density at radius 2 is 2.05 bits per heavy atom. The summed E-state index contributed by atoms with van der Waals surface area (Å²) in [5.41, 5.74) is 7.41. The minimum absolute atomic E-state index is 0.0740. The first kappa shape index (κ1) is 15.3. The summed E-state index contributed by atoms with van der Waals surface area (Å²) in [6.45, 7) is 12.6. The summed E-state index contributed by atoms with van der Waals surface area (Å²) in [5.74, 6) is -0.313. The largest absolute Gasteiger partial charge is 0.372 e. The van der Waals surface area contributed by atoms with Gasteiger partial charge in [-0.3, -0.25) is 9.69 Å². The zero-order valence-corrected chi connectivity index (χ0v) is 13.9. The lowest BCUT2D eigenvalue weighted by atomic mass is 10.0. The summed E-state index contributed by atoms with van der Waals surface area (Å²) in [5, 5.41) is 4.36. The normalized spacial score (nSPS) is 16.3. The van der Waals surface area contributed by atoms with Crippen LogP contribution in [0.5, 0.6) is 0 Å². The molecule has 2 heterocycles. The predicted octanol–water partition coefficient (Wildman–Crippen LogP) is 2.82. The van der Waals surface area contributed by atoms with Gasteiger partial charge >= 0.3 is 0 Å². The molecule has 0 bridgehead atoms. The number of nitrogens with one attached hydrogen (secondary N) is 1. The Labute approximate surface area is 125 Å². The van der Waals surface area contributed by atoms with E-state index < -0.39 is 0 Å². The smallest absolute Gasteiger partial charge is 0.251 e. The Bertz CT molecular complexity index is 514. The van der Waals surface area contributed by atoms with E-state index in [0.717, 1.165) is 30.1 Å². The molecule has 0 radical (unpaired) electrons. The van der Waals surface area contributed by atoms with E-state index in [0.29, 0.717) is 11.6 Å². The lowest BCUT2D eigenvalue weighted by Crippen LogP contribution is -2.35. The third-order valence-corrected chi connectivity index (χ3v) is 4.68. The topological polar surface area (TPSA) is 58.4 Å². The van der Waals surface area contributed by atoms with Crippen LogP contribution < -0.4 is 11.1 Å². The molecular weight excluding hydrogens is 270 g/mol. The molecule has 20 heavy (non-hydrogen) atoms. The molecule has 0 spiro atoms. The fraction of sp³-hybridized carbons (Fsp3) is 0.667. The summed E-state index contributed by atoms with van der Waals surface area (Å²) >= 11 is 1.68. The van der Waals surface area contributed by atoms with E-state index in [1.165, 1.54) is 4.88 Å². The molecule has 1 amide bonds. The molecule has 0 saturated carbocycles. The van der Waals surface area contributed by atoms with Gasteiger partial charge in [-0.05, 0) is 46.6 Å². The second-order valence-electron chi connectivity index (χ2n) is 6.76. The van der Waals surface area contributed by atoms with E-state index >= 15 is 0 Å². The minimum Gasteiger partial charge on any atom is -0.372 e. The minimum atomic E-state index is -0.313. The summed E-state index contributed by atoms with van der Waals surface area (Å²) in [4.78, 5) is 15.5. The van der Waals surface area contributed by atoms with Gasteiger partial charge in [0.2, 0.25) is 0 Å². The maximum atomic E-state index is 11.8. The number of hydrogen-bond donors (Lipinski definition) is 2. The lowest BCUT2D eigenvalue weighted by Gasteiger charge is -2.30. The van der Waals surface area contributed by atoms with Gasteiger partial charge in [-0.15, -0.1) is 11.3 Å². The van der Waals surface area contributed by atoms with Crippen LogP contribution in [-0.2, 0) is 13.0 Å². The Kier molecular flexibility index (Phi) is 4.12. The van der Waals surface area contributed by atoms with Gasteiger partial charge in [0.15, 0.2) is 0 Å². The highest BCUT2D eigenvalue weighted by Gasteiger charge is 2.28. The highest BCUT2D eigenvalue weighted by molar-refractivity contribution is 7.16. The van der Waals surface area contributed by atoms with Crippen LogP contribution in [0.3, 0.4) is 0 Å². The van der Waals surface area contributed by atoms with Crippen molar-refractivity contribution in [2.75, 3.05) is 11.9 Å². The van der Waals surface area contributed by atoms with E-state index in [4.69, 9.17) is 5.73 Å². The zero-order chi connectivity index (χ0) is 15.1. The second-order valence-corrected chi connectivity index (χ2v) is 7.87. The van der Waals surface area contributed by atoms with Gasteiger partial charge in [-0.25, -0.2) is 0 Å². The van der Waals surface area contributed by atoms with Crippen molar-refractivity contribution in [1.82, 2.24) is 4.90 Å². The molecule has 112 valence electrons. The van der Waals surface area contributed by atoms with Crippen LogP contribution in [0.2, 0.25) is 0 Å². The number of primary amides is 1. The van der Waals surface area contributed by atoms with Crippen molar-refractivity contribution in [2.24, 2.45) is 5.73 Å². The van der Waals surface area contributed by atoms with E-state index in [1.807, 2.05) is 0 Å². The molecule has 5 heteroatoms. The number of fused-ring (bicyclic) bond motifs is 1. The van der Waals surface area contributed by atoms with Crippen LogP contribution >= 0.6 is 11.3 Å². The number of amides is 1. The number of rotatable bonds is 3. The van der Waals surface area contributed by atoms with Crippen molar-refractivity contribution in [1.29, 1.82) is 0 Å². The van der Waals surface area contributed by atoms with Gasteiger partial charge in [-0.2, -0.15) is 0 Å². The van der Waals surface area contributed by atoms with Crippen LogP contribution in [0.25, 0.3) is 0 Å². The van der Waals surface area contributed by atoms with E-state index in [2.05, 4.69) is 44.8 Å². The molecular formula is C15H25N3OS. The van der Waals surface area contributed by atoms with Crippen LogP contribution in [0.15, 0.2) is 0 Å². The Morgan fingerprint density at radius 1 is 1.40 bits per heavy atom. The summed E-state index contributed by atoms with van der Waals surface area (Å²) in [7, 11) is 0. The molecule has 2 rings (SSSR count). The fourth-order valence-electron chi connectivity index (χ4n) is 2.55. The van der Waals surface area contributed by atoms with Crippen molar-refractivity contribution in [3.63, 3.8) is 0 Å². The molecule has 0 saturated heterocycles. The maximum Gasteiger partial charge on any atom is 0.251 e. The van der Waals surface area contributed by atoms with E-state index in [1.54, 1.807) is 11.3 Å². The van der Waals surface area contributed by atoms with Crippen molar-refractivity contribution in [2.45, 2.75) is 59.2 Å². The highest BCUT2D eigenvalue weighted by atomic mass is 32.1. The molecule has 4 nitrogen and oxygen atoms in total. The van der Waals surface area contributed by atoms with Crippen molar-refractivity contribution in [3.8, 4) is 0 Å². The summed E-state index contributed by atoms with van der Waals surface area (Å²) in [6.07, 6.45) is 0.911. The molecule has 0 aromatic carbocycles. The number of carbonyl (C=O) groups excluding carboxylic acids is 1. The van der Waals surface area contributed by atoms with Gasteiger partial charge in [0, 0.05) is 29.5 Å². The lowest BCUT2D eigenvalue weighted by molar-refractivity contribution is 0.0999. The number of nitrogens with zero attached hydrogens (tertiary/aromatic N) is 1. The number of anilines is 1. The molecule has 1 aliphatic heterocycles. The molecule has 1 aromatic rings. The van der Waals surface area contributed by atoms with Gasteiger partial charge in [0.05, 0.1) is 5.56 Å². The summed E-state index contributed by atoms with van der Waals surface area (Å²) < 4.78 is 0. The Morgan fingerprint density at radius 3 is 2.55 bits per heavy atom. The average molecular weight is 295 g/mol. The molecule has 3 N–H and O–H groups in total. The zero-order valence-electron chi connectivity index (χ0n) is 13.0. The van der Waals surface area contributed by atoms with Gasteiger partial charge in [0.1, 0.15) is 5.00 Å². The molecule has 0 fully saturated rings. The van der Waals surface area contributed by atoms with Crippen molar-refractivity contribution >= 4 is 22.2 Å². The van der Waals surface area contributed by atoms with Gasteiger partial charge in [-0.1, -0.05) is 0 Å². The van der Waals surface area contributed by atoms with E-state index in [9.17, 15) is 4.79 Å². The monoisotopic (exact) mass is 295 g/mol. The standard InChI is InChI=1S/C15H25N3OS/c1-9(2)18-7-6-10-11(8-18)20-14(12(10)13(16)19)17-15(3,4)5/h9,17H,6-8H2,1-5H3,(H2,16,19). The fourth-order valence-corrected chi connectivity index (χ4v) is 4.04. The highest BCUT2D eigenvalue weighted by Crippen LogP contribution is 2.38. The number of nitrogens with two attached hydrogens (primary N) is 1. The number of thiophene rings is 1. The third-order valence-electron chi connectivity index (χ3n) is 3.55. The van der Waals surface area contributed by atoms with Gasteiger partial charge < -0.3 is 11.1 Å². The number of hydrogen-bond acceptors (Lipinski definition) is 4. The van der Waals surface area contributed by atoms with Gasteiger partial charge in [0.25, 0.3) is 5.91 Å². The van der Waals surface area contributed by atoms with Crippen molar-refractivity contribution in [3.05, 3.63) is 16.0 Å². The quantitative estimate of drug-likeness (QED) is 0.901.